The average molecular weight is 368 g/mol. The number of aryl methyl sites for hydroxylation is 3. The maximum absolute atomic E-state index is 12.4. The van der Waals surface area contributed by atoms with Gasteiger partial charge in [-0.1, -0.05) is 17.3 Å². The third kappa shape index (κ3) is 4.55. The first kappa shape index (κ1) is 18.7. The van der Waals surface area contributed by atoms with Crippen LogP contribution in [0.15, 0.2) is 41.1 Å². The van der Waals surface area contributed by atoms with Crippen molar-refractivity contribution in [2.75, 3.05) is 7.11 Å². The summed E-state index contributed by atoms with van der Waals surface area (Å²) in [4.78, 5) is 12.4. The molecule has 0 fully saturated rings. The van der Waals surface area contributed by atoms with Crippen LogP contribution in [-0.4, -0.2) is 34.0 Å². The van der Waals surface area contributed by atoms with Gasteiger partial charge in [0.15, 0.2) is 0 Å². The Bertz CT molecular complexity index is 912. The summed E-state index contributed by atoms with van der Waals surface area (Å²) < 4.78 is 12.1. The molecule has 0 aliphatic carbocycles. The second kappa shape index (κ2) is 8.07. The molecule has 1 amide bonds. The summed E-state index contributed by atoms with van der Waals surface area (Å²) in [5, 5.41) is 11.2. The minimum atomic E-state index is -0.266. The fourth-order valence-corrected chi connectivity index (χ4v) is 2.90. The molecule has 27 heavy (non-hydrogen) atoms. The highest BCUT2D eigenvalue weighted by atomic mass is 16.5. The molecule has 2 aromatic heterocycles. The highest BCUT2D eigenvalue weighted by Crippen LogP contribution is 2.22. The summed E-state index contributed by atoms with van der Waals surface area (Å²) in [5.41, 5.74) is 3.50. The molecule has 0 aliphatic heterocycles. The molecule has 1 atom stereocenters. The summed E-state index contributed by atoms with van der Waals surface area (Å²) in [6.07, 6.45) is 3.54. The lowest BCUT2D eigenvalue weighted by Crippen LogP contribution is -2.32. The molecule has 0 unspecified atom stereocenters. The van der Waals surface area contributed by atoms with Crippen LogP contribution in [0, 0.1) is 6.92 Å². The van der Waals surface area contributed by atoms with Crippen molar-refractivity contribution in [2.45, 2.75) is 32.7 Å². The predicted molar refractivity (Wildman–Crippen MR) is 102 cm³/mol. The quantitative estimate of drug-likeness (QED) is 0.693. The van der Waals surface area contributed by atoms with Crippen LogP contribution in [0.3, 0.4) is 0 Å². The molecule has 7 heteroatoms. The van der Waals surface area contributed by atoms with Gasteiger partial charge in [-0.3, -0.25) is 9.48 Å². The van der Waals surface area contributed by atoms with Gasteiger partial charge in [0.05, 0.1) is 12.8 Å². The van der Waals surface area contributed by atoms with E-state index in [9.17, 15) is 4.79 Å². The van der Waals surface area contributed by atoms with Gasteiger partial charge >= 0.3 is 0 Å². The van der Waals surface area contributed by atoms with Crippen molar-refractivity contribution < 1.29 is 14.1 Å². The summed E-state index contributed by atoms with van der Waals surface area (Å²) >= 11 is 0. The number of ether oxygens (including phenoxy) is 1. The monoisotopic (exact) mass is 368 g/mol. The number of nitrogens with zero attached hydrogens (tertiary/aromatic N) is 3. The number of amides is 1. The molecule has 142 valence electrons. The SMILES string of the molecule is COc1ccc(CC[C@@H](C)NC(=O)c2cc(-c3cn(C)nc3C)no2)cc1. The van der Waals surface area contributed by atoms with E-state index in [4.69, 9.17) is 9.26 Å². The fraction of sp³-hybridized carbons (Fsp3) is 0.350. The number of rotatable bonds is 7. The van der Waals surface area contributed by atoms with Gasteiger partial charge in [0.2, 0.25) is 5.76 Å². The maximum atomic E-state index is 12.4. The van der Waals surface area contributed by atoms with Crippen LogP contribution in [-0.2, 0) is 13.5 Å². The standard InChI is InChI=1S/C20H24N4O3/c1-13(5-6-15-7-9-16(26-4)10-8-15)21-20(25)19-11-18(23-27-19)17-12-24(3)22-14(17)2/h7-13H,5-6H2,1-4H3,(H,21,25)/t13-/m1/s1. The third-order valence-corrected chi connectivity index (χ3v) is 4.43. The largest absolute Gasteiger partial charge is 0.497 e. The van der Waals surface area contributed by atoms with Crippen molar-refractivity contribution in [3.63, 3.8) is 0 Å². The third-order valence-electron chi connectivity index (χ3n) is 4.43. The van der Waals surface area contributed by atoms with Crippen LogP contribution in [0.4, 0.5) is 0 Å². The Morgan fingerprint density at radius 3 is 2.70 bits per heavy atom. The Labute approximate surface area is 158 Å². The van der Waals surface area contributed by atoms with E-state index in [0.29, 0.717) is 5.69 Å². The molecule has 0 radical (unpaired) electrons. The van der Waals surface area contributed by atoms with Crippen LogP contribution in [0.1, 0.15) is 35.2 Å². The van der Waals surface area contributed by atoms with Gasteiger partial charge in [0.25, 0.3) is 5.91 Å². The van der Waals surface area contributed by atoms with Gasteiger partial charge in [0.1, 0.15) is 11.4 Å². The van der Waals surface area contributed by atoms with E-state index in [0.717, 1.165) is 29.8 Å². The Balaban J connectivity index is 1.56. The van der Waals surface area contributed by atoms with Crippen LogP contribution in [0.25, 0.3) is 11.3 Å². The zero-order valence-corrected chi connectivity index (χ0v) is 16.0. The Kier molecular flexibility index (Phi) is 5.59. The van der Waals surface area contributed by atoms with Crippen molar-refractivity contribution in [1.82, 2.24) is 20.3 Å². The summed E-state index contributed by atoms with van der Waals surface area (Å²) in [6.45, 7) is 3.87. The molecule has 7 nitrogen and oxygen atoms in total. The lowest BCUT2D eigenvalue weighted by atomic mass is 10.1. The van der Waals surface area contributed by atoms with Gasteiger partial charge in [-0.05, 0) is 44.4 Å². The van der Waals surface area contributed by atoms with Crippen molar-refractivity contribution >= 4 is 5.91 Å². The molecule has 1 N–H and O–H groups in total. The van der Waals surface area contributed by atoms with Crippen molar-refractivity contribution in [1.29, 1.82) is 0 Å². The Morgan fingerprint density at radius 1 is 1.33 bits per heavy atom. The first-order valence-corrected chi connectivity index (χ1v) is 8.87. The van der Waals surface area contributed by atoms with Crippen LogP contribution >= 0.6 is 0 Å². The minimum Gasteiger partial charge on any atom is -0.497 e. The second-order valence-electron chi connectivity index (χ2n) is 6.64. The molecular formula is C20H24N4O3. The Hall–Kier alpha value is -3.09. The zero-order chi connectivity index (χ0) is 19.4. The number of aromatic nitrogens is 3. The number of nitrogens with one attached hydrogen (secondary N) is 1. The zero-order valence-electron chi connectivity index (χ0n) is 16.0. The van der Waals surface area contributed by atoms with E-state index in [1.165, 1.54) is 5.56 Å². The number of hydrogen-bond acceptors (Lipinski definition) is 5. The smallest absolute Gasteiger partial charge is 0.290 e. The fourth-order valence-electron chi connectivity index (χ4n) is 2.90. The van der Waals surface area contributed by atoms with Crippen LogP contribution in [0.2, 0.25) is 0 Å². The average Bonchev–Trinajstić information content (AvgIpc) is 3.26. The molecule has 1 aromatic carbocycles. The van der Waals surface area contributed by atoms with E-state index in [-0.39, 0.29) is 17.7 Å². The second-order valence-corrected chi connectivity index (χ2v) is 6.64. The number of benzene rings is 1. The van der Waals surface area contributed by atoms with E-state index in [1.807, 2.05) is 51.4 Å². The number of carbonyl (C=O) groups is 1. The Morgan fingerprint density at radius 2 is 2.07 bits per heavy atom. The number of methoxy groups -OCH3 is 1. The van der Waals surface area contributed by atoms with Crippen molar-refractivity contribution in [3.05, 3.63) is 53.5 Å². The van der Waals surface area contributed by atoms with E-state index in [2.05, 4.69) is 15.6 Å². The topological polar surface area (TPSA) is 82.2 Å². The molecule has 0 saturated carbocycles. The van der Waals surface area contributed by atoms with Crippen LogP contribution < -0.4 is 10.1 Å². The first-order chi connectivity index (χ1) is 13.0. The molecule has 2 heterocycles. The first-order valence-electron chi connectivity index (χ1n) is 8.87. The van der Waals surface area contributed by atoms with Crippen molar-refractivity contribution in [3.8, 4) is 17.0 Å². The van der Waals surface area contributed by atoms with Gasteiger partial charge in [-0.25, -0.2) is 0 Å². The number of hydrogen-bond donors (Lipinski definition) is 1. The summed E-state index contributed by atoms with van der Waals surface area (Å²) in [5.74, 6) is 0.771. The molecule has 0 saturated heterocycles. The normalized spacial score (nSPS) is 12.0. The van der Waals surface area contributed by atoms with E-state index < -0.39 is 0 Å². The molecule has 0 bridgehead atoms. The van der Waals surface area contributed by atoms with Gasteiger partial charge in [-0.2, -0.15) is 5.10 Å². The highest BCUT2D eigenvalue weighted by Gasteiger charge is 2.18. The van der Waals surface area contributed by atoms with E-state index >= 15 is 0 Å². The van der Waals surface area contributed by atoms with Crippen molar-refractivity contribution in [2.24, 2.45) is 7.05 Å². The van der Waals surface area contributed by atoms with Gasteiger partial charge in [0, 0.05) is 30.9 Å². The molecule has 0 spiro atoms. The molecule has 0 aliphatic rings. The minimum absolute atomic E-state index is 0.00767. The number of carbonyl (C=O) groups excluding carboxylic acids is 1. The summed E-state index contributed by atoms with van der Waals surface area (Å²) in [7, 11) is 3.49. The van der Waals surface area contributed by atoms with Gasteiger partial charge < -0.3 is 14.6 Å². The molecular weight excluding hydrogens is 344 g/mol. The predicted octanol–water partition coefficient (Wildman–Crippen LogP) is 3.14. The molecule has 3 rings (SSSR count). The lowest BCUT2D eigenvalue weighted by molar-refractivity contribution is 0.0901. The lowest BCUT2D eigenvalue weighted by Gasteiger charge is -2.12. The maximum Gasteiger partial charge on any atom is 0.290 e. The van der Waals surface area contributed by atoms with Gasteiger partial charge in [-0.15, -0.1) is 0 Å². The van der Waals surface area contributed by atoms with Crippen LogP contribution in [0.5, 0.6) is 5.75 Å². The van der Waals surface area contributed by atoms with E-state index in [1.54, 1.807) is 17.9 Å². The molecule has 3 aromatic rings. The highest BCUT2D eigenvalue weighted by molar-refractivity contribution is 5.92. The summed E-state index contributed by atoms with van der Waals surface area (Å²) in [6, 6.07) is 9.60.